The number of methoxy groups -OCH3 is 1. The van der Waals surface area contributed by atoms with Crippen LogP contribution in [0.5, 0.6) is 5.75 Å². The molecule has 0 radical (unpaired) electrons. The molecule has 1 aromatic carbocycles. The highest BCUT2D eigenvalue weighted by molar-refractivity contribution is 5.98. The number of hydrogen-bond acceptors (Lipinski definition) is 4. The molecule has 1 amide bonds. The average molecular weight is 344 g/mol. The van der Waals surface area contributed by atoms with Gasteiger partial charge in [-0.25, -0.2) is 0 Å². The zero-order valence-electron chi connectivity index (χ0n) is 15.4. The SMILES string of the molecule is COc1ccc(CNC(C)C)c2cc(C(=O)NC3CCCCC3)oc12. The van der Waals surface area contributed by atoms with E-state index in [1.165, 1.54) is 19.3 Å². The second-order valence-electron chi connectivity index (χ2n) is 7.12. The molecule has 1 saturated carbocycles. The summed E-state index contributed by atoms with van der Waals surface area (Å²) in [7, 11) is 1.62. The van der Waals surface area contributed by atoms with E-state index in [4.69, 9.17) is 9.15 Å². The van der Waals surface area contributed by atoms with Crippen LogP contribution in [0.15, 0.2) is 22.6 Å². The van der Waals surface area contributed by atoms with Crippen LogP contribution in [0.3, 0.4) is 0 Å². The van der Waals surface area contributed by atoms with Crippen LogP contribution >= 0.6 is 0 Å². The maximum absolute atomic E-state index is 12.6. The van der Waals surface area contributed by atoms with Gasteiger partial charge in [-0.05, 0) is 30.5 Å². The molecule has 0 saturated heterocycles. The van der Waals surface area contributed by atoms with Crippen molar-refractivity contribution in [1.82, 2.24) is 10.6 Å². The predicted octanol–water partition coefficient (Wildman–Crippen LogP) is 4.00. The van der Waals surface area contributed by atoms with Gasteiger partial charge in [0.25, 0.3) is 5.91 Å². The Bertz CT molecular complexity index is 730. The van der Waals surface area contributed by atoms with E-state index in [2.05, 4.69) is 24.5 Å². The monoisotopic (exact) mass is 344 g/mol. The van der Waals surface area contributed by atoms with Crippen molar-refractivity contribution in [3.8, 4) is 5.75 Å². The highest BCUT2D eigenvalue weighted by Crippen LogP contribution is 2.32. The average Bonchev–Trinajstić information content (AvgIpc) is 3.06. The zero-order valence-corrected chi connectivity index (χ0v) is 15.4. The van der Waals surface area contributed by atoms with Gasteiger partial charge in [-0.3, -0.25) is 4.79 Å². The molecule has 3 rings (SSSR count). The Labute approximate surface area is 149 Å². The molecule has 1 heterocycles. The van der Waals surface area contributed by atoms with E-state index >= 15 is 0 Å². The highest BCUT2D eigenvalue weighted by Gasteiger charge is 2.21. The Hall–Kier alpha value is -2.01. The van der Waals surface area contributed by atoms with Crippen molar-refractivity contribution in [3.63, 3.8) is 0 Å². The lowest BCUT2D eigenvalue weighted by atomic mass is 9.95. The summed E-state index contributed by atoms with van der Waals surface area (Å²) in [6.45, 7) is 4.94. The third-order valence-electron chi connectivity index (χ3n) is 4.82. The quantitative estimate of drug-likeness (QED) is 0.831. The molecule has 5 nitrogen and oxygen atoms in total. The standard InChI is InChI=1S/C20H28N2O3/c1-13(2)21-12-14-9-10-17(24-3)19-16(14)11-18(25-19)20(23)22-15-7-5-4-6-8-15/h9-11,13,15,21H,4-8,12H2,1-3H3,(H,22,23). The van der Waals surface area contributed by atoms with E-state index < -0.39 is 0 Å². The van der Waals surface area contributed by atoms with E-state index in [1.54, 1.807) is 7.11 Å². The summed E-state index contributed by atoms with van der Waals surface area (Å²) in [6.07, 6.45) is 5.74. The second kappa shape index (κ2) is 7.91. The fourth-order valence-electron chi connectivity index (χ4n) is 3.40. The van der Waals surface area contributed by atoms with Crippen LogP contribution in [0.1, 0.15) is 62.1 Å². The number of furan rings is 1. The zero-order chi connectivity index (χ0) is 17.8. The molecule has 2 aromatic rings. The van der Waals surface area contributed by atoms with Crippen molar-refractivity contribution >= 4 is 16.9 Å². The van der Waals surface area contributed by atoms with Gasteiger partial charge in [0.15, 0.2) is 17.1 Å². The van der Waals surface area contributed by atoms with Gasteiger partial charge in [-0.15, -0.1) is 0 Å². The second-order valence-corrected chi connectivity index (χ2v) is 7.12. The minimum Gasteiger partial charge on any atom is -0.493 e. The molecular formula is C20H28N2O3. The molecule has 25 heavy (non-hydrogen) atoms. The lowest BCUT2D eigenvalue weighted by Gasteiger charge is -2.22. The number of nitrogens with one attached hydrogen (secondary N) is 2. The fraction of sp³-hybridized carbons (Fsp3) is 0.550. The van der Waals surface area contributed by atoms with Crippen molar-refractivity contribution in [2.24, 2.45) is 0 Å². The summed E-state index contributed by atoms with van der Waals surface area (Å²) in [6, 6.07) is 6.41. The molecule has 136 valence electrons. The smallest absolute Gasteiger partial charge is 0.287 e. The van der Waals surface area contributed by atoms with Crippen LogP contribution in [0.25, 0.3) is 11.0 Å². The summed E-state index contributed by atoms with van der Waals surface area (Å²) in [5.41, 5.74) is 1.74. The molecule has 1 aliphatic rings. The van der Waals surface area contributed by atoms with E-state index in [-0.39, 0.29) is 11.9 Å². The van der Waals surface area contributed by atoms with Crippen LogP contribution in [-0.4, -0.2) is 25.1 Å². The number of ether oxygens (including phenoxy) is 1. The van der Waals surface area contributed by atoms with Crippen LogP contribution in [0.2, 0.25) is 0 Å². The molecule has 2 N–H and O–H groups in total. The van der Waals surface area contributed by atoms with E-state index in [0.29, 0.717) is 23.1 Å². The number of amides is 1. The van der Waals surface area contributed by atoms with Crippen molar-refractivity contribution < 1.29 is 13.9 Å². The summed E-state index contributed by atoms with van der Waals surface area (Å²) < 4.78 is 11.3. The summed E-state index contributed by atoms with van der Waals surface area (Å²) >= 11 is 0. The van der Waals surface area contributed by atoms with Gasteiger partial charge in [-0.2, -0.15) is 0 Å². The maximum atomic E-state index is 12.6. The van der Waals surface area contributed by atoms with Crippen molar-refractivity contribution in [2.45, 2.75) is 64.6 Å². The largest absolute Gasteiger partial charge is 0.493 e. The van der Waals surface area contributed by atoms with Crippen molar-refractivity contribution in [2.75, 3.05) is 7.11 Å². The number of carbonyl (C=O) groups excluding carboxylic acids is 1. The fourth-order valence-corrected chi connectivity index (χ4v) is 3.40. The van der Waals surface area contributed by atoms with Crippen LogP contribution in [-0.2, 0) is 6.54 Å². The van der Waals surface area contributed by atoms with Gasteiger partial charge in [0, 0.05) is 24.0 Å². The number of fused-ring (bicyclic) bond motifs is 1. The molecule has 1 fully saturated rings. The minimum atomic E-state index is -0.132. The minimum absolute atomic E-state index is 0.132. The van der Waals surface area contributed by atoms with Gasteiger partial charge in [-0.1, -0.05) is 39.2 Å². The van der Waals surface area contributed by atoms with Crippen LogP contribution in [0, 0.1) is 0 Å². The third kappa shape index (κ3) is 4.15. The molecule has 1 aliphatic carbocycles. The molecule has 0 spiro atoms. The van der Waals surface area contributed by atoms with E-state index in [1.807, 2.05) is 18.2 Å². The summed E-state index contributed by atoms with van der Waals surface area (Å²) in [5, 5.41) is 7.46. The first-order chi connectivity index (χ1) is 12.1. The van der Waals surface area contributed by atoms with Crippen molar-refractivity contribution in [1.29, 1.82) is 0 Å². The molecule has 0 atom stereocenters. The molecule has 0 aliphatic heterocycles. The lowest BCUT2D eigenvalue weighted by Crippen LogP contribution is -2.35. The summed E-state index contributed by atoms with van der Waals surface area (Å²) in [4.78, 5) is 12.6. The first kappa shape index (κ1) is 17.8. The Morgan fingerprint density at radius 3 is 2.72 bits per heavy atom. The maximum Gasteiger partial charge on any atom is 0.287 e. The number of rotatable bonds is 6. The van der Waals surface area contributed by atoms with Gasteiger partial charge >= 0.3 is 0 Å². The molecule has 5 heteroatoms. The topological polar surface area (TPSA) is 63.5 Å². The Morgan fingerprint density at radius 1 is 1.28 bits per heavy atom. The normalized spacial score (nSPS) is 15.7. The van der Waals surface area contributed by atoms with Gasteiger partial charge in [0.1, 0.15) is 0 Å². The summed E-state index contributed by atoms with van der Waals surface area (Å²) in [5.74, 6) is 0.879. The van der Waals surface area contributed by atoms with Gasteiger partial charge in [0.05, 0.1) is 7.11 Å². The van der Waals surface area contributed by atoms with E-state index in [0.717, 1.165) is 30.3 Å². The molecular weight excluding hydrogens is 316 g/mol. The molecule has 0 unspecified atom stereocenters. The number of hydrogen-bond donors (Lipinski definition) is 2. The Kier molecular flexibility index (Phi) is 5.63. The number of benzene rings is 1. The molecule has 1 aromatic heterocycles. The Balaban J connectivity index is 1.85. The highest BCUT2D eigenvalue weighted by atomic mass is 16.5. The third-order valence-corrected chi connectivity index (χ3v) is 4.82. The predicted molar refractivity (Wildman–Crippen MR) is 99.1 cm³/mol. The van der Waals surface area contributed by atoms with Crippen LogP contribution in [0.4, 0.5) is 0 Å². The van der Waals surface area contributed by atoms with Crippen LogP contribution < -0.4 is 15.4 Å². The lowest BCUT2D eigenvalue weighted by molar-refractivity contribution is 0.0901. The Morgan fingerprint density at radius 2 is 2.04 bits per heavy atom. The molecule has 0 bridgehead atoms. The van der Waals surface area contributed by atoms with Crippen molar-refractivity contribution in [3.05, 3.63) is 29.5 Å². The first-order valence-corrected chi connectivity index (χ1v) is 9.22. The van der Waals surface area contributed by atoms with E-state index in [9.17, 15) is 4.79 Å². The van der Waals surface area contributed by atoms with Gasteiger partial charge < -0.3 is 19.8 Å². The van der Waals surface area contributed by atoms with Gasteiger partial charge in [0.2, 0.25) is 0 Å². The number of carbonyl (C=O) groups is 1. The first-order valence-electron chi connectivity index (χ1n) is 9.22.